The second-order valence-corrected chi connectivity index (χ2v) is 9.09. The number of H-pyrrole nitrogens is 1. The van der Waals surface area contributed by atoms with Crippen molar-refractivity contribution in [2.75, 3.05) is 19.0 Å². The molecule has 0 amide bonds. The van der Waals surface area contributed by atoms with Gasteiger partial charge in [-0.25, -0.2) is 0 Å². The third kappa shape index (κ3) is 5.86. The van der Waals surface area contributed by atoms with Gasteiger partial charge in [0.05, 0.1) is 25.8 Å². The maximum absolute atomic E-state index is 13.1. The zero-order valence-corrected chi connectivity index (χ0v) is 21.9. The first-order valence-electron chi connectivity index (χ1n) is 11.9. The molecule has 0 unspecified atom stereocenters. The average molecular weight is 502 g/mol. The summed E-state index contributed by atoms with van der Waals surface area (Å²) < 4.78 is 10.8. The minimum atomic E-state index is -0.111. The summed E-state index contributed by atoms with van der Waals surface area (Å²) in [5, 5.41) is 4.88. The average Bonchev–Trinajstić information content (AvgIpc) is 2.88. The number of methoxy groups -OCH3 is 1. The van der Waals surface area contributed by atoms with Crippen molar-refractivity contribution < 1.29 is 9.47 Å². The molecule has 1 heterocycles. The fourth-order valence-electron chi connectivity index (χ4n) is 4.10. The zero-order valence-electron chi connectivity index (χ0n) is 21.1. The molecule has 4 rings (SSSR count). The predicted octanol–water partition coefficient (Wildman–Crippen LogP) is 5.95. The lowest BCUT2D eigenvalue weighted by Crippen LogP contribution is -2.35. The van der Waals surface area contributed by atoms with Crippen LogP contribution in [0.15, 0.2) is 71.5 Å². The summed E-state index contributed by atoms with van der Waals surface area (Å²) in [5.41, 5.74) is 5.48. The number of thiocarbonyl (C=S) groups is 1. The first kappa shape index (κ1) is 25.3. The van der Waals surface area contributed by atoms with Crippen molar-refractivity contribution in [3.05, 3.63) is 99.3 Å². The first-order valence-corrected chi connectivity index (χ1v) is 12.3. The van der Waals surface area contributed by atoms with Crippen molar-refractivity contribution in [2.45, 2.75) is 33.9 Å². The van der Waals surface area contributed by atoms with Gasteiger partial charge in [0, 0.05) is 23.2 Å². The number of rotatable bonds is 8. The highest BCUT2D eigenvalue weighted by Gasteiger charge is 2.16. The number of fused-ring (bicyclic) bond motifs is 1. The molecule has 0 atom stereocenters. The van der Waals surface area contributed by atoms with Gasteiger partial charge in [0.1, 0.15) is 11.5 Å². The van der Waals surface area contributed by atoms with Crippen LogP contribution in [0.5, 0.6) is 11.5 Å². The molecule has 0 radical (unpaired) electrons. The lowest BCUT2D eigenvalue weighted by atomic mass is 10.0. The topological polar surface area (TPSA) is 66.6 Å². The summed E-state index contributed by atoms with van der Waals surface area (Å²) in [6, 6.07) is 21.6. The molecule has 186 valence electrons. The molecule has 0 bridgehead atoms. The molecule has 0 fully saturated rings. The Morgan fingerprint density at radius 2 is 1.61 bits per heavy atom. The second kappa shape index (κ2) is 11.3. The largest absolute Gasteiger partial charge is 0.497 e. The van der Waals surface area contributed by atoms with Crippen molar-refractivity contribution in [2.24, 2.45) is 0 Å². The van der Waals surface area contributed by atoms with Gasteiger partial charge in [-0.05, 0) is 92.1 Å². The maximum Gasteiger partial charge on any atom is 0.253 e. The molecule has 0 saturated heterocycles. The van der Waals surface area contributed by atoms with Gasteiger partial charge in [-0.1, -0.05) is 24.3 Å². The van der Waals surface area contributed by atoms with Crippen molar-refractivity contribution in [1.29, 1.82) is 0 Å². The summed E-state index contributed by atoms with van der Waals surface area (Å²) in [4.78, 5) is 18.1. The Morgan fingerprint density at radius 1 is 0.944 bits per heavy atom. The summed E-state index contributed by atoms with van der Waals surface area (Å²) in [7, 11) is 1.65. The van der Waals surface area contributed by atoms with Crippen LogP contribution in [0.4, 0.5) is 5.69 Å². The number of aromatic amines is 1. The number of hydrogen-bond acceptors (Lipinski definition) is 4. The van der Waals surface area contributed by atoms with Gasteiger partial charge < -0.3 is 24.7 Å². The number of ether oxygens (including phenoxy) is 2. The Balaban J connectivity index is 1.64. The van der Waals surface area contributed by atoms with Gasteiger partial charge in [-0.2, -0.15) is 0 Å². The van der Waals surface area contributed by atoms with Gasteiger partial charge in [-0.15, -0.1) is 0 Å². The Kier molecular flexibility index (Phi) is 7.90. The zero-order chi connectivity index (χ0) is 25.7. The molecule has 4 aromatic rings. The van der Waals surface area contributed by atoms with Crippen LogP contribution < -0.4 is 20.3 Å². The summed E-state index contributed by atoms with van der Waals surface area (Å²) >= 11 is 5.82. The fourth-order valence-corrected chi connectivity index (χ4v) is 4.34. The van der Waals surface area contributed by atoms with Crippen molar-refractivity contribution in [3.63, 3.8) is 0 Å². The van der Waals surface area contributed by atoms with Crippen LogP contribution in [0, 0.1) is 13.8 Å². The van der Waals surface area contributed by atoms with Gasteiger partial charge >= 0.3 is 0 Å². The van der Waals surface area contributed by atoms with Crippen LogP contribution in [0.2, 0.25) is 0 Å². The predicted molar refractivity (Wildman–Crippen MR) is 150 cm³/mol. The number of aryl methyl sites for hydroxylation is 2. The SMILES string of the molecule is CCOc1ccc(NC(=S)N(Cc2ccc(OC)cc2)Cc2cc3c(C)ccc(C)c3[nH]c2=O)cc1. The number of hydrogen-bond donors (Lipinski definition) is 2. The van der Waals surface area contributed by atoms with Crippen molar-refractivity contribution in [1.82, 2.24) is 9.88 Å². The molecule has 0 spiro atoms. The van der Waals surface area contributed by atoms with Crippen molar-refractivity contribution >= 4 is 33.9 Å². The van der Waals surface area contributed by atoms with E-state index in [9.17, 15) is 4.79 Å². The highest BCUT2D eigenvalue weighted by atomic mass is 32.1. The lowest BCUT2D eigenvalue weighted by Gasteiger charge is -2.26. The smallest absolute Gasteiger partial charge is 0.253 e. The molecule has 6 nitrogen and oxygen atoms in total. The van der Waals surface area contributed by atoms with Gasteiger partial charge in [0.2, 0.25) is 0 Å². The number of benzene rings is 3. The van der Waals surface area contributed by atoms with Crippen LogP contribution in [0.3, 0.4) is 0 Å². The molecule has 0 saturated carbocycles. The van der Waals surface area contributed by atoms with Crippen molar-refractivity contribution in [3.8, 4) is 11.5 Å². The van der Waals surface area contributed by atoms with Crippen LogP contribution in [0.1, 0.15) is 29.2 Å². The van der Waals surface area contributed by atoms with Gasteiger partial charge in [0.15, 0.2) is 5.11 Å². The molecule has 36 heavy (non-hydrogen) atoms. The van der Waals surface area contributed by atoms with Crippen LogP contribution in [0.25, 0.3) is 10.9 Å². The molecule has 3 aromatic carbocycles. The summed E-state index contributed by atoms with van der Waals surface area (Å²) in [6.07, 6.45) is 0. The molecule has 0 aliphatic heterocycles. The monoisotopic (exact) mass is 501 g/mol. The Labute approximate surface area is 216 Å². The molecular weight excluding hydrogens is 470 g/mol. The number of anilines is 1. The van der Waals surface area contributed by atoms with Gasteiger partial charge in [-0.3, -0.25) is 4.79 Å². The number of nitrogens with one attached hydrogen (secondary N) is 2. The Hall–Kier alpha value is -3.84. The van der Waals surface area contributed by atoms with E-state index in [1.807, 2.05) is 79.4 Å². The van der Waals surface area contributed by atoms with E-state index in [-0.39, 0.29) is 5.56 Å². The fraction of sp³-hybridized carbons (Fsp3) is 0.241. The molecule has 0 aliphatic rings. The van der Waals surface area contributed by atoms with Crippen LogP contribution >= 0.6 is 12.2 Å². The summed E-state index contributed by atoms with van der Waals surface area (Å²) in [6.45, 7) is 7.50. The third-order valence-corrected chi connectivity index (χ3v) is 6.48. The Bertz CT molecular complexity index is 1410. The Morgan fingerprint density at radius 3 is 2.28 bits per heavy atom. The number of nitrogens with zero attached hydrogens (tertiary/aromatic N) is 1. The highest BCUT2D eigenvalue weighted by Crippen LogP contribution is 2.22. The van der Waals surface area contributed by atoms with Crippen LogP contribution in [-0.4, -0.2) is 28.7 Å². The van der Waals surface area contributed by atoms with E-state index < -0.39 is 0 Å². The van der Waals surface area contributed by atoms with E-state index in [1.165, 1.54) is 0 Å². The van der Waals surface area contributed by atoms with E-state index in [1.54, 1.807) is 7.11 Å². The molecular formula is C29H31N3O3S. The molecule has 2 N–H and O–H groups in total. The third-order valence-electron chi connectivity index (χ3n) is 6.12. The van der Waals surface area contributed by atoms with E-state index in [4.69, 9.17) is 21.7 Å². The molecule has 1 aromatic heterocycles. The minimum absolute atomic E-state index is 0.111. The molecule has 0 aliphatic carbocycles. The maximum atomic E-state index is 13.1. The molecule has 7 heteroatoms. The van der Waals surface area contributed by atoms with Crippen LogP contribution in [-0.2, 0) is 13.1 Å². The van der Waals surface area contributed by atoms with E-state index in [2.05, 4.69) is 23.3 Å². The standard InChI is InChI=1S/C29H31N3O3S/c1-5-35-25-14-10-23(11-15-25)30-29(36)32(17-21-8-12-24(34-4)13-9-21)18-22-16-26-19(2)6-7-20(3)27(26)31-28(22)33/h6-16H,5,17-18H2,1-4H3,(H,30,36)(H,31,33). The van der Waals surface area contributed by atoms with E-state index >= 15 is 0 Å². The first-order chi connectivity index (χ1) is 17.4. The van der Waals surface area contributed by atoms with E-state index in [0.717, 1.165) is 44.8 Å². The minimum Gasteiger partial charge on any atom is -0.497 e. The number of aromatic nitrogens is 1. The lowest BCUT2D eigenvalue weighted by molar-refractivity contribution is 0.340. The number of pyridine rings is 1. The summed E-state index contributed by atoms with van der Waals surface area (Å²) in [5.74, 6) is 1.59. The normalized spacial score (nSPS) is 10.8. The second-order valence-electron chi connectivity index (χ2n) is 8.70. The quantitative estimate of drug-likeness (QED) is 0.291. The van der Waals surface area contributed by atoms with E-state index in [0.29, 0.717) is 30.4 Å². The van der Waals surface area contributed by atoms with Gasteiger partial charge in [0.25, 0.3) is 5.56 Å². The highest BCUT2D eigenvalue weighted by molar-refractivity contribution is 7.80.